The van der Waals surface area contributed by atoms with E-state index in [9.17, 15) is 0 Å². The van der Waals surface area contributed by atoms with E-state index in [0.29, 0.717) is 0 Å². The third kappa shape index (κ3) is 207. The maximum atomic E-state index is 8.74. The Balaban J connectivity index is -0.0000000267. The molecule has 0 amide bonds. The van der Waals surface area contributed by atoms with Crippen molar-refractivity contribution >= 4 is 38.7 Å². The second-order valence-electron chi connectivity index (χ2n) is 0.448. The zero-order valence-corrected chi connectivity index (χ0v) is 4.18. The summed E-state index contributed by atoms with van der Waals surface area (Å²) in [6, 6.07) is 0. The molecular formula is H9AlCuO4SSi. The maximum Gasteiger partial charge on any atom is 0.394 e. The summed E-state index contributed by atoms with van der Waals surface area (Å²) in [5.41, 5.74) is 0. The molecule has 0 aliphatic carbocycles. The molecule has 0 atom stereocenters. The predicted octanol–water partition coefficient (Wildman–Crippen LogP) is -3.29. The summed E-state index contributed by atoms with van der Waals surface area (Å²) in [4.78, 5) is 0. The molecule has 0 aromatic carbocycles. The zero-order valence-electron chi connectivity index (χ0n) is 2.42. The van der Waals surface area contributed by atoms with Gasteiger partial charge in [0.1, 0.15) is 0 Å². The summed E-state index contributed by atoms with van der Waals surface area (Å²) in [5.74, 6) is 0. The van der Waals surface area contributed by atoms with Gasteiger partial charge < -0.3 is 0 Å². The van der Waals surface area contributed by atoms with Crippen LogP contribution >= 0.6 is 0 Å². The molecule has 0 heterocycles. The fourth-order valence-electron chi connectivity index (χ4n) is 0. The third-order valence-electron chi connectivity index (χ3n) is 0. The van der Waals surface area contributed by atoms with E-state index in [0.717, 1.165) is 0 Å². The molecular weight excluding hydrogens is 215 g/mol. The van der Waals surface area contributed by atoms with Crippen LogP contribution in [-0.4, -0.2) is 45.8 Å². The van der Waals surface area contributed by atoms with E-state index >= 15 is 0 Å². The van der Waals surface area contributed by atoms with E-state index in [1.807, 2.05) is 0 Å². The molecule has 57 valence electrons. The van der Waals surface area contributed by atoms with Gasteiger partial charge in [-0.05, 0) is 11.0 Å². The van der Waals surface area contributed by atoms with Crippen LogP contribution in [0.15, 0.2) is 0 Å². The monoisotopic (exact) mass is 223 g/mol. The van der Waals surface area contributed by atoms with E-state index in [2.05, 4.69) is 0 Å². The molecule has 0 aliphatic rings. The summed E-state index contributed by atoms with van der Waals surface area (Å²) < 4.78 is 31.6. The Bertz CT molecular complexity index is 99.2. The summed E-state index contributed by atoms with van der Waals surface area (Å²) in [5, 5.41) is 0. The molecule has 0 aromatic heterocycles. The van der Waals surface area contributed by atoms with Gasteiger partial charge in [0, 0.05) is 17.1 Å². The van der Waals surface area contributed by atoms with Gasteiger partial charge in [0.05, 0.1) is 0 Å². The molecule has 1 radical (unpaired) electrons. The van der Waals surface area contributed by atoms with Gasteiger partial charge in [-0.1, -0.05) is 0 Å². The minimum absolute atomic E-state index is 0. The quantitative estimate of drug-likeness (QED) is 0.334. The standard InChI is InChI=1S/Al.Cu.H2O4S.H4Si.3H/c;;1-5(2,3)4;;;;/h;;(H2,1,2,3,4);1H4;;;. The van der Waals surface area contributed by atoms with Crippen molar-refractivity contribution < 1.29 is 34.6 Å². The van der Waals surface area contributed by atoms with Crippen molar-refractivity contribution in [1.29, 1.82) is 0 Å². The molecule has 0 fully saturated rings. The van der Waals surface area contributed by atoms with Crippen LogP contribution in [0.2, 0.25) is 0 Å². The second kappa shape index (κ2) is 8.14. The van der Waals surface area contributed by atoms with E-state index in [1.54, 1.807) is 0 Å². The van der Waals surface area contributed by atoms with E-state index in [1.165, 1.54) is 0 Å². The normalized spacial score (nSPS) is 7.25. The van der Waals surface area contributed by atoms with Crippen molar-refractivity contribution in [2.45, 2.75) is 0 Å². The Morgan fingerprint density at radius 1 is 1.12 bits per heavy atom. The van der Waals surface area contributed by atoms with Crippen LogP contribution in [0.5, 0.6) is 0 Å². The van der Waals surface area contributed by atoms with Crippen LogP contribution in [0.1, 0.15) is 0 Å². The van der Waals surface area contributed by atoms with E-state index < -0.39 is 10.4 Å². The fourth-order valence-corrected chi connectivity index (χ4v) is 0. The smallest absolute Gasteiger partial charge is 0.264 e. The second-order valence-corrected chi connectivity index (χ2v) is 1.34. The van der Waals surface area contributed by atoms with Gasteiger partial charge in [-0.25, -0.2) is 0 Å². The molecule has 0 bridgehead atoms. The van der Waals surface area contributed by atoms with Gasteiger partial charge in [-0.15, -0.1) is 0 Å². The number of hydrogen-bond acceptors (Lipinski definition) is 2. The van der Waals surface area contributed by atoms with Gasteiger partial charge in [0.25, 0.3) is 0 Å². The first-order valence-corrected chi connectivity index (χ1v) is 2.10. The van der Waals surface area contributed by atoms with Crippen molar-refractivity contribution in [3.63, 3.8) is 0 Å². The first kappa shape index (κ1) is 22.9. The van der Waals surface area contributed by atoms with Crippen molar-refractivity contribution in [2.24, 2.45) is 0 Å². The minimum atomic E-state index is -4.67. The van der Waals surface area contributed by atoms with E-state index in [4.69, 9.17) is 17.5 Å². The van der Waals surface area contributed by atoms with Crippen molar-refractivity contribution in [2.75, 3.05) is 0 Å². The molecule has 8 heavy (non-hydrogen) atoms. The van der Waals surface area contributed by atoms with Crippen molar-refractivity contribution in [3.8, 4) is 0 Å². The van der Waals surface area contributed by atoms with Gasteiger partial charge >= 0.3 is 10.4 Å². The van der Waals surface area contributed by atoms with E-state index in [-0.39, 0.29) is 45.4 Å². The Labute approximate surface area is 73.2 Å². The predicted molar refractivity (Wildman–Crippen MR) is 35.5 cm³/mol. The van der Waals surface area contributed by atoms with Crippen LogP contribution in [0.4, 0.5) is 0 Å². The molecule has 0 aliphatic heterocycles. The molecule has 0 spiro atoms. The molecule has 0 saturated carbocycles. The Morgan fingerprint density at radius 2 is 1.12 bits per heavy atom. The Kier molecular flexibility index (Phi) is 23.3. The van der Waals surface area contributed by atoms with Gasteiger partial charge in [0.2, 0.25) is 0 Å². The number of rotatable bonds is 0. The average Bonchev–Trinajstić information content (AvgIpc) is 0.722. The van der Waals surface area contributed by atoms with Crippen molar-refractivity contribution in [3.05, 3.63) is 0 Å². The third-order valence-corrected chi connectivity index (χ3v) is 0. The molecule has 0 unspecified atom stereocenters. The SMILES string of the molecule is O=S(=O)(O)O.[AlH3].[Cu].[SiH4]. The van der Waals surface area contributed by atoms with Gasteiger partial charge in [0.15, 0.2) is 17.4 Å². The van der Waals surface area contributed by atoms with Crippen LogP contribution in [-0.2, 0) is 27.5 Å². The Hall–Kier alpha value is 1.14. The van der Waals surface area contributed by atoms with Crippen LogP contribution < -0.4 is 0 Å². The van der Waals surface area contributed by atoms with Crippen molar-refractivity contribution in [1.82, 2.24) is 0 Å². The fraction of sp³-hybridized carbons (Fsp3) is 0. The largest absolute Gasteiger partial charge is 0.394 e. The maximum absolute atomic E-state index is 8.74. The molecule has 0 saturated heterocycles. The van der Waals surface area contributed by atoms with Gasteiger partial charge in [-0.2, -0.15) is 8.42 Å². The van der Waals surface area contributed by atoms with Gasteiger partial charge in [-0.3, -0.25) is 9.11 Å². The summed E-state index contributed by atoms with van der Waals surface area (Å²) in [7, 11) is -4.67. The van der Waals surface area contributed by atoms with Crippen LogP contribution in [0.25, 0.3) is 0 Å². The first-order valence-electron chi connectivity index (χ1n) is 0.698. The number of hydrogen-bond donors (Lipinski definition) is 2. The molecule has 0 aromatic rings. The molecule has 4 nitrogen and oxygen atoms in total. The van der Waals surface area contributed by atoms with Crippen LogP contribution in [0.3, 0.4) is 0 Å². The Morgan fingerprint density at radius 3 is 1.12 bits per heavy atom. The molecule has 2 N–H and O–H groups in total. The summed E-state index contributed by atoms with van der Waals surface area (Å²) >= 11 is 0. The zero-order chi connectivity index (χ0) is 4.50. The average molecular weight is 224 g/mol. The summed E-state index contributed by atoms with van der Waals surface area (Å²) in [6.45, 7) is 0. The first-order chi connectivity index (χ1) is 2.00. The molecule has 0 rings (SSSR count). The topological polar surface area (TPSA) is 74.6 Å². The summed E-state index contributed by atoms with van der Waals surface area (Å²) in [6.07, 6.45) is 0. The molecule has 8 heteroatoms. The minimum Gasteiger partial charge on any atom is -0.264 e. The van der Waals surface area contributed by atoms with Crippen LogP contribution in [0, 0.1) is 0 Å².